The van der Waals surface area contributed by atoms with Crippen LogP contribution in [-0.4, -0.2) is 88.1 Å². The first-order chi connectivity index (χ1) is 13.9. The van der Waals surface area contributed by atoms with Crippen molar-refractivity contribution in [3.8, 4) is 0 Å². The van der Waals surface area contributed by atoms with E-state index < -0.39 is 42.5 Å². The van der Waals surface area contributed by atoms with Gasteiger partial charge in [0.1, 0.15) is 0 Å². The van der Waals surface area contributed by atoms with Crippen LogP contribution in [0.5, 0.6) is 0 Å². The fourth-order valence-corrected chi connectivity index (χ4v) is 0. The van der Waals surface area contributed by atoms with E-state index in [1.165, 1.54) is 0 Å². The first-order valence-corrected chi connectivity index (χ1v) is 5.10. The Morgan fingerprint density at radius 3 is 0.429 bits per heavy atom. The van der Waals surface area contributed by atoms with E-state index >= 15 is 0 Å². The van der Waals surface area contributed by atoms with Gasteiger partial charge in [0.15, 0.2) is 0 Å². The summed E-state index contributed by atoms with van der Waals surface area (Å²) in [4.78, 5) is 67.3. The third-order valence-corrected chi connectivity index (χ3v) is 0. The Kier molecular flexibility index (Phi) is 126. The summed E-state index contributed by atoms with van der Waals surface area (Å²) in [6.07, 6.45) is 0. The van der Waals surface area contributed by atoms with Gasteiger partial charge in [-0.3, -0.25) is 0 Å². The van der Waals surface area contributed by atoms with Crippen LogP contribution in [0.4, 0.5) is 0 Å². The predicted molar refractivity (Wildman–Crippen MR) is 95.0 cm³/mol. The Hall–Kier alpha value is -3.73. The van der Waals surface area contributed by atoms with Crippen molar-refractivity contribution in [1.82, 2.24) is 0 Å². The largest absolute Gasteiger partial charge is 3.00 e. The summed E-state index contributed by atoms with van der Waals surface area (Å²) in [6, 6.07) is 0. The fourth-order valence-electron chi connectivity index (χ4n) is 0. The fraction of sp³-hybridized carbons (Fsp3) is 0.500. The molecule has 0 saturated carbocycles. The standard InChI is InChI=1S/2C2H4O2.Ga.In.6NO3.Zn/c2*1-2(3)4;;;6*2-1(3)4;/h2*1H3,(H,3,4);;;;;;;;;/q;;2*+3;6*-1;+2/p-2. The molecule has 0 N–H and O–H groups in total. The molecule has 0 aliphatic heterocycles. The zero-order valence-electron chi connectivity index (χ0n) is 16.5. The number of hydrogen-bond donors (Lipinski definition) is 0. The van der Waals surface area contributed by atoms with Crippen LogP contribution in [-0.2, 0) is 29.1 Å². The second-order valence-electron chi connectivity index (χ2n) is 2.32. The van der Waals surface area contributed by atoms with E-state index in [1.807, 2.05) is 0 Å². The Balaban J connectivity index is -0.0000000206. The van der Waals surface area contributed by atoms with Crippen LogP contribution < -0.4 is 10.2 Å². The maximum absolute atomic E-state index is 8.89. The van der Waals surface area contributed by atoms with Crippen LogP contribution >= 0.6 is 0 Å². The summed E-state index contributed by atoms with van der Waals surface area (Å²) in [7, 11) is 0. The number of hydrogen-bond acceptors (Lipinski definition) is 22. The molecule has 0 aliphatic carbocycles. The molecule has 0 spiro atoms. The van der Waals surface area contributed by atoms with E-state index in [-0.39, 0.29) is 65.1 Å². The molecule has 0 aliphatic rings. The van der Waals surface area contributed by atoms with Gasteiger partial charge >= 0.3 is 65.1 Å². The minimum absolute atomic E-state index is 0. The molecule has 28 nitrogen and oxygen atoms in total. The van der Waals surface area contributed by atoms with Crippen molar-refractivity contribution in [2.45, 2.75) is 13.8 Å². The van der Waals surface area contributed by atoms with Crippen molar-refractivity contribution in [3.63, 3.8) is 0 Å². The molecule has 0 atom stereocenters. The summed E-state index contributed by atoms with van der Waals surface area (Å²) in [6.45, 7) is 1.94. The van der Waals surface area contributed by atoms with E-state index in [4.69, 9.17) is 112 Å². The van der Waals surface area contributed by atoms with Gasteiger partial charge in [-0.05, 0) is 13.8 Å². The number of aliphatic carboxylic acids is 2. The summed E-state index contributed by atoms with van der Waals surface area (Å²) < 4.78 is 0. The van der Waals surface area contributed by atoms with Crippen LogP contribution in [0.2, 0.25) is 0 Å². The number of carboxylic acids is 2. The average molecular weight is 740 g/mol. The van der Waals surface area contributed by atoms with Crippen molar-refractivity contribution >= 4 is 57.6 Å². The molecule has 0 fully saturated rings. The normalized spacial score (nSPS) is 5.54. The third kappa shape index (κ3) is 1740. The minimum Gasteiger partial charge on any atom is -0.550 e. The second kappa shape index (κ2) is 63.1. The first kappa shape index (κ1) is 69.7. The predicted octanol–water partition coefficient (Wildman–Crippen LogP) is -4.69. The zero-order valence-corrected chi connectivity index (χ0v) is 25.2. The van der Waals surface area contributed by atoms with Gasteiger partial charge in [-0.15, -0.1) is 0 Å². The SMILES string of the molecule is CC(=O)[O-].CC(=O)[O-].O=[N+]([O-])[O-].O=[N+]([O-])[O-].O=[N+]([O-])[O-].O=[N+]([O-])[O-].O=[N+]([O-])[O-].O=[N+]([O-])[O-].[Ga+3].[In+3].[Zn+2]. The Bertz CT molecular complexity index is 386. The molecule has 0 aromatic heterocycles. The zero-order chi connectivity index (χ0) is 28.6. The van der Waals surface area contributed by atoms with Crippen LogP contribution in [0, 0.1) is 91.9 Å². The van der Waals surface area contributed by atoms with Gasteiger partial charge in [0.05, 0.1) is 30.5 Å². The summed E-state index contributed by atoms with van der Waals surface area (Å²) in [5.74, 6) is -2.17. The average Bonchev–Trinajstić information content (AvgIpc) is 2.30. The Morgan fingerprint density at radius 2 is 0.429 bits per heavy atom. The summed E-state index contributed by atoms with van der Waals surface area (Å²) >= 11 is 0. The summed E-state index contributed by atoms with van der Waals surface area (Å²) in [5, 5.41) is 106. The molecule has 0 heterocycles. The maximum atomic E-state index is 8.89. The van der Waals surface area contributed by atoms with E-state index in [9.17, 15) is 0 Å². The number of nitrogens with zero attached hydrogens (tertiary/aromatic N) is 6. The molecule has 0 unspecified atom stereocenters. The van der Waals surface area contributed by atoms with Crippen LogP contribution in [0.25, 0.3) is 0 Å². The van der Waals surface area contributed by atoms with Gasteiger partial charge in [-0.25, -0.2) is 0 Å². The molecule has 0 saturated heterocycles. The van der Waals surface area contributed by atoms with E-state index in [0.29, 0.717) is 0 Å². The molecule has 192 valence electrons. The smallest absolute Gasteiger partial charge is 0.550 e. The first-order valence-electron chi connectivity index (χ1n) is 5.10. The maximum Gasteiger partial charge on any atom is 3.00 e. The van der Waals surface area contributed by atoms with E-state index in [1.54, 1.807) is 0 Å². The van der Waals surface area contributed by atoms with E-state index in [2.05, 4.69) is 0 Å². The quantitative estimate of drug-likeness (QED) is 0.128. The van der Waals surface area contributed by atoms with Crippen molar-refractivity contribution < 1.29 is 69.8 Å². The van der Waals surface area contributed by atoms with Crippen molar-refractivity contribution in [3.05, 3.63) is 91.9 Å². The topological polar surface area (TPSA) is 477 Å². The van der Waals surface area contributed by atoms with Gasteiger partial charge in [-0.2, -0.15) is 0 Å². The van der Waals surface area contributed by atoms with Crippen molar-refractivity contribution in [1.29, 1.82) is 0 Å². The molecule has 0 aromatic carbocycles. The molecule has 31 heteroatoms. The number of carboxylic acid groups (broad SMARTS) is 2. The van der Waals surface area contributed by atoms with Gasteiger partial charge in [0.25, 0.3) is 0 Å². The van der Waals surface area contributed by atoms with Gasteiger partial charge in [-0.1, -0.05) is 0 Å². The van der Waals surface area contributed by atoms with Crippen LogP contribution in [0.15, 0.2) is 0 Å². The van der Waals surface area contributed by atoms with Gasteiger partial charge in [0, 0.05) is 11.9 Å². The molecule has 0 bridgehead atoms. The molecule has 0 radical (unpaired) electrons. The molecular formula is C4H6GaInN6O22Zn. The van der Waals surface area contributed by atoms with Crippen molar-refractivity contribution in [2.24, 2.45) is 0 Å². The molecule has 35 heavy (non-hydrogen) atoms. The minimum atomic E-state index is -1.75. The van der Waals surface area contributed by atoms with Crippen molar-refractivity contribution in [2.75, 3.05) is 0 Å². The van der Waals surface area contributed by atoms with Crippen LogP contribution in [0.3, 0.4) is 0 Å². The Labute approximate surface area is 232 Å². The van der Waals surface area contributed by atoms with Gasteiger partial charge in [0.2, 0.25) is 0 Å². The summed E-state index contributed by atoms with van der Waals surface area (Å²) in [5.41, 5.74) is 0. The molecule has 0 rings (SSSR count). The second-order valence-corrected chi connectivity index (χ2v) is 2.32. The Morgan fingerprint density at radius 1 is 0.429 bits per heavy atom. The van der Waals surface area contributed by atoms with Crippen LogP contribution in [0.1, 0.15) is 13.8 Å². The third-order valence-electron chi connectivity index (χ3n) is 0. The van der Waals surface area contributed by atoms with Gasteiger partial charge < -0.3 is 112 Å². The molecule has 0 aromatic rings. The molecule has 0 amide bonds. The van der Waals surface area contributed by atoms with E-state index in [0.717, 1.165) is 13.8 Å². The number of rotatable bonds is 0. The monoisotopic (exact) mass is 738 g/mol. The number of carbonyl (C=O) groups excluding carboxylic acids is 2. The molecular weight excluding hydrogens is 734 g/mol. The number of carbonyl (C=O) groups is 2.